The average molecular weight is 339 g/mol. The molecule has 0 saturated carbocycles. The van der Waals surface area contributed by atoms with Crippen molar-refractivity contribution in [1.29, 1.82) is 0 Å². The van der Waals surface area contributed by atoms with E-state index in [1.165, 1.54) is 0 Å². The van der Waals surface area contributed by atoms with Gasteiger partial charge < -0.3 is 14.5 Å². The van der Waals surface area contributed by atoms with Crippen LogP contribution < -0.4 is 4.90 Å². The monoisotopic (exact) mass is 338 g/mol. The van der Waals surface area contributed by atoms with Gasteiger partial charge >= 0.3 is 6.09 Å². The highest BCUT2D eigenvalue weighted by Gasteiger charge is 2.48. The number of nitrogens with zero attached hydrogens (tertiary/aromatic N) is 4. The minimum atomic E-state index is -0.450. The van der Waals surface area contributed by atoms with Crippen LogP contribution in [0.15, 0.2) is 12.4 Å². The summed E-state index contributed by atoms with van der Waals surface area (Å²) < 4.78 is 5.44. The zero-order valence-corrected chi connectivity index (χ0v) is 14.6. The second-order valence-electron chi connectivity index (χ2n) is 7.56. The van der Waals surface area contributed by atoms with E-state index >= 15 is 0 Å². The van der Waals surface area contributed by atoms with Crippen LogP contribution in [0, 0.1) is 5.41 Å². The molecule has 0 radical (unpaired) electrons. The predicted octanol–water partition coefficient (Wildman–Crippen LogP) is 2.97. The van der Waals surface area contributed by atoms with Crippen LogP contribution in [0.4, 0.5) is 10.6 Å². The molecule has 23 heavy (non-hydrogen) atoms. The Labute approximate surface area is 141 Å². The van der Waals surface area contributed by atoms with Crippen molar-refractivity contribution < 1.29 is 9.53 Å². The van der Waals surface area contributed by atoms with Crippen LogP contribution in [-0.4, -0.2) is 52.7 Å². The van der Waals surface area contributed by atoms with Crippen LogP contribution >= 0.6 is 11.6 Å². The van der Waals surface area contributed by atoms with Gasteiger partial charge in [-0.2, -0.15) is 0 Å². The molecule has 1 spiro atoms. The normalized spacial score (nSPS) is 20.3. The van der Waals surface area contributed by atoms with Crippen molar-refractivity contribution in [3.63, 3.8) is 0 Å². The van der Waals surface area contributed by atoms with Crippen LogP contribution in [0.1, 0.15) is 33.6 Å². The third kappa shape index (κ3) is 3.68. The van der Waals surface area contributed by atoms with Gasteiger partial charge in [0.15, 0.2) is 0 Å². The summed E-state index contributed by atoms with van der Waals surface area (Å²) in [5.41, 5.74) is -0.312. The van der Waals surface area contributed by atoms with Gasteiger partial charge in [-0.05, 0) is 33.6 Å². The van der Waals surface area contributed by atoms with Crippen molar-refractivity contribution in [2.45, 2.75) is 39.2 Å². The van der Waals surface area contributed by atoms with Crippen molar-refractivity contribution >= 4 is 23.5 Å². The average Bonchev–Trinajstić information content (AvgIpc) is 2.43. The molecule has 3 rings (SSSR count). The summed E-state index contributed by atoms with van der Waals surface area (Å²) in [5.74, 6) is 0.812. The fraction of sp³-hybridized carbons (Fsp3) is 0.688. The molecular weight excluding hydrogens is 316 g/mol. The number of halogens is 1. The van der Waals surface area contributed by atoms with Gasteiger partial charge in [-0.25, -0.2) is 9.78 Å². The number of rotatable bonds is 1. The summed E-state index contributed by atoms with van der Waals surface area (Å²) in [4.78, 5) is 24.6. The Kier molecular flexibility index (Phi) is 4.12. The van der Waals surface area contributed by atoms with Gasteiger partial charge in [-0.1, -0.05) is 11.6 Å². The third-order valence-electron chi connectivity index (χ3n) is 4.28. The molecule has 6 nitrogen and oxygen atoms in total. The fourth-order valence-electron chi connectivity index (χ4n) is 3.37. The Morgan fingerprint density at radius 2 is 2.04 bits per heavy atom. The van der Waals surface area contributed by atoms with E-state index in [1.807, 2.05) is 20.8 Å². The van der Waals surface area contributed by atoms with E-state index in [0.717, 1.165) is 44.8 Å². The molecule has 1 aromatic rings. The number of anilines is 1. The van der Waals surface area contributed by atoms with Gasteiger partial charge in [-0.3, -0.25) is 4.98 Å². The van der Waals surface area contributed by atoms with Crippen LogP contribution in [-0.2, 0) is 4.74 Å². The lowest BCUT2D eigenvalue weighted by atomic mass is 9.73. The zero-order valence-electron chi connectivity index (χ0n) is 13.9. The summed E-state index contributed by atoms with van der Waals surface area (Å²) in [6.07, 6.45) is 5.27. The van der Waals surface area contributed by atoms with Gasteiger partial charge in [-0.15, -0.1) is 0 Å². The van der Waals surface area contributed by atoms with Crippen LogP contribution in [0.25, 0.3) is 0 Å². The molecule has 2 aliphatic heterocycles. The zero-order chi connectivity index (χ0) is 16.7. The van der Waals surface area contributed by atoms with Crippen molar-refractivity contribution in [3.8, 4) is 0 Å². The lowest BCUT2D eigenvalue weighted by molar-refractivity contribution is -0.0391. The maximum Gasteiger partial charge on any atom is 0.410 e. The van der Waals surface area contributed by atoms with Crippen molar-refractivity contribution in [3.05, 3.63) is 17.5 Å². The standard InChI is InChI=1S/C16H23ClN4O2/c1-15(2,3)23-14(22)21-10-16(11-21)5-4-6-20(9-16)13-8-18-7-12(17)19-13/h7-8H,4-6,9-11H2,1-3H3. The number of aromatic nitrogens is 2. The summed E-state index contributed by atoms with van der Waals surface area (Å²) in [6, 6.07) is 0. The van der Waals surface area contributed by atoms with Crippen molar-refractivity contribution in [2.75, 3.05) is 31.1 Å². The molecule has 2 fully saturated rings. The molecule has 2 aliphatic rings. The summed E-state index contributed by atoms with van der Waals surface area (Å²) in [5, 5.41) is 0.408. The molecule has 1 amide bonds. The summed E-state index contributed by atoms with van der Waals surface area (Å²) in [6.45, 7) is 8.98. The van der Waals surface area contributed by atoms with E-state index in [9.17, 15) is 4.79 Å². The minimum absolute atomic E-state index is 0.138. The van der Waals surface area contributed by atoms with E-state index in [-0.39, 0.29) is 11.5 Å². The Morgan fingerprint density at radius 1 is 1.30 bits per heavy atom. The smallest absolute Gasteiger partial charge is 0.410 e. The molecule has 1 aromatic heterocycles. The van der Waals surface area contributed by atoms with Crippen molar-refractivity contribution in [1.82, 2.24) is 14.9 Å². The maximum atomic E-state index is 12.1. The van der Waals surface area contributed by atoms with Gasteiger partial charge in [0.05, 0.1) is 12.4 Å². The van der Waals surface area contributed by atoms with Gasteiger partial charge in [0.1, 0.15) is 16.6 Å². The molecule has 0 atom stereocenters. The number of piperidine rings is 1. The number of ether oxygens (including phenoxy) is 1. The Morgan fingerprint density at radius 3 is 2.70 bits per heavy atom. The van der Waals surface area contributed by atoms with E-state index < -0.39 is 5.60 Å². The highest BCUT2D eigenvalue weighted by Crippen LogP contribution is 2.40. The fourth-order valence-corrected chi connectivity index (χ4v) is 3.51. The quantitative estimate of drug-likeness (QED) is 0.788. The van der Waals surface area contributed by atoms with Crippen LogP contribution in [0.3, 0.4) is 0 Å². The van der Waals surface area contributed by atoms with E-state index in [4.69, 9.17) is 16.3 Å². The van der Waals surface area contributed by atoms with E-state index in [0.29, 0.717) is 5.15 Å². The Bertz CT molecular complexity index is 596. The topological polar surface area (TPSA) is 58.6 Å². The number of carbonyl (C=O) groups is 1. The molecule has 3 heterocycles. The van der Waals surface area contributed by atoms with Gasteiger partial charge in [0.2, 0.25) is 0 Å². The second-order valence-corrected chi connectivity index (χ2v) is 7.95. The molecule has 7 heteroatoms. The van der Waals surface area contributed by atoms with Gasteiger partial charge in [0.25, 0.3) is 0 Å². The maximum absolute atomic E-state index is 12.1. The first-order chi connectivity index (χ1) is 10.8. The second kappa shape index (κ2) is 5.82. The van der Waals surface area contributed by atoms with Crippen LogP contribution in [0.5, 0.6) is 0 Å². The highest BCUT2D eigenvalue weighted by atomic mass is 35.5. The van der Waals surface area contributed by atoms with E-state index in [1.54, 1.807) is 17.3 Å². The molecule has 126 valence electrons. The van der Waals surface area contributed by atoms with Gasteiger partial charge in [0, 0.05) is 31.6 Å². The molecular formula is C16H23ClN4O2. The number of hydrogen-bond donors (Lipinski definition) is 0. The minimum Gasteiger partial charge on any atom is -0.444 e. The molecule has 0 N–H and O–H groups in total. The summed E-state index contributed by atoms with van der Waals surface area (Å²) >= 11 is 5.94. The van der Waals surface area contributed by atoms with Crippen LogP contribution in [0.2, 0.25) is 5.15 Å². The lowest BCUT2D eigenvalue weighted by Crippen LogP contribution is -2.64. The van der Waals surface area contributed by atoms with E-state index in [2.05, 4.69) is 14.9 Å². The number of hydrogen-bond acceptors (Lipinski definition) is 5. The molecule has 0 aromatic carbocycles. The largest absolute Gasteiger partial charge is 0.444 e. The molecule has 0 unspecified atom stereocenters. The summed E-state index contributed by atoms with van der Waals surface area (Å²) in [7, 11) is 0. The predicted molar refractivity (Wildman–Crippen MR) is 88.7 cm³/mol. The molecule has 2 saturated heterocycles. The first kappa shape index (κ1) is 16.3. The first-order valence-electron chi connectivity index (χ1n) is 7.97. The SMILES string of the molecule is CC(C)(C)OC(=O)N1CC2(CCCN(c3cncc(Cl)n3)C2)C1. The number of likely N-dealkylation sites (tertiary alicyclic amines) is 1. The lowest BCUT2D eigenvalue weighted by Gasteiger charge is -2.54. The third-order valence-corrected chi connectivity index (χ3v) is 4.46. The first-order valence-corrected chi connectivity index (χ1v) is 8.35. The van der Waals surface area contributed by atoms with Crippen molar-refractivity contribution in [2.24, 2.45) is 5.41 Å². The molecule has 0 bridgehead atoms. The number of carbonyl (C=O) groups excluding carboxylic acids is 1. The molecule has 0 aliphatic carbocycles. The number of amides is 1. The Hall–Kier alpha value is -1.56. The highest BCUT2D eigenvalue weighted by molar-refractivity contribution is 6.29. The Balaban J connectivity index is 1.61.